The van der Waals surface area contributed by atoms with E-state index in [4.69, 9.17) is 0 Å². The molecule has 0 N–H and O–H groups in total. The van der Waals surface area contributed by atoms with Gasteiger partial charge in [-0.1, -0.05) is 40.2 Å². The molecule has 3 nitrogen and oxygen atoms in total. The highest BCUT2D eigenvalue weighted by Gasteiger charge is 2.12. The van der Waals surface area contributed by atoms with Crippen LogP contribution >= 0.6 is 15.9 Å². The lowest BCUT2D eigenvalue weighted by Gasteiger charge is -2.06. The van der Waals surface area contributed by atoms with Crippen molar-refractivity contribution in [3.63, 3.8) is 0 Å². The molecule has 0 aliphatic rings. The Balaban J connectivity index is 1.97. The fourth-order valence-corrected chi connectivity index (χ4v) is 2.69. The second-order valence-corrected chi connectivity index (χ2v) is 5.58. The van der Waals surface area contributed by atoms with Gasteiger partial charge in [0.25, 0.3) is 0 Å². The molecule has 0 fully saturated rings. The molecule has 0 aliphatic carbocycles. The van der Waals surface area contributed by atoms with Crippen LogP contribution in [0.5, 0.6) is 0 Å². The minimum absolute atomic E-state index is 0.0811. The van der Waals surface area contributed by atoms with Crippen LogP contribution in [0.25, 0.3) is 11.0 Å². The van der Waals surface area contributed by atoms with Crippen LogP contribution < -0.4 is 0 Å². The Hall–Kier alpha value is -1.94. The predicted octanol–water partition coefficient (Wildman–Crippen LogP) is 3.99. The van der Waals surface area contributed by atoms with Gasteiger partial charge < -0.3 is 4.57 Å². The maximum absolute atomic E-state index is 12.4. The van der Waals surface area contributed by atoms with Crippen LogP contribution in [0.4, 0.5) is 0 Å². The normalized spacial score (nSPS) is 10.9. The molecule has 3 rings (SSSR count). The Morgan fingerprint density at radius 3 is 2.80 bits per heavy atom. The fourth-order valence-electron chi connectivity index (χ4n) is 2.29. The summed E-state index contributed by atoms with van der Waals surface area (Å²) in [6.07, 6.45) is 0. The molecule has 2 aromatic carbocycles. The summed E-state index contributed by atoms with van der Waals surface area (Å²) in [7, 11) is 0. The highest BCUT2D eigenvalue weighted by Crippen LogP contribution is 2.17. The average molecular weight is 329 g/mol. The number of aryl methyl sites for hydroxylation is 1. The molecule has 100 valence electrons. The van der Waals surface area contributed by atoms with Crippen LogP contribution in [0.2, 0.25) is 0 Å². The summed E-state index contributed by atoms with van der Waals surface area (Å²) in [5, 5.41) is 0. The van der Waals surface area contributed by atoms with E-state index >= 15 is 0 Å². The van der Waals surface area contributed by atoms with Crippen LogP contribution in [0.1, 0.15) is 16.2 Å². The van der Waals surface area contributed by atoms with Crippen molar-refractivity contribution in [2.45, 2.75) is 13.5 Å². The lowest BCUT2D eigenvalue weighted by Crippen LogP contribution is -2.11. The number of Topliss-reactive ketones (excluding diaryl/α,β-unsaturated/α-hetero) is 1. The fraction of sp³-hybridized carbons (Fsp3) is 0.125. The number of rotatable bonds is 3. The Morgan fingerprint density at radius 1 is 1.20 bits per heavy atom. The number of hydrogen-bond acceptors (Lipinski definition) is 2. The first-order valence-corrected chi connectivity index (χ1v) is 7.15. The largest absolute Gasteiger partial charge is 0.320 e. The third-order valence-electron chi connectivity index (χ3n) is 3.29. The molecule has 0 saturated carbocycles. The number of hydrogen-bond donors (Lipinski definition) is 0. The zero-order valence-corrected chi connectivity index (χ0v) is 12.6. The molecular weight excluding hydrogens is 316 g/mol. The summed E-state index contributed by atoms with van der Waals surface area (Å²) in [6.45, 7) is 2.23. The SMILES string of the molecule is Cc1nc2ccccc2n1CC(=O)c1cccc(Br)c1. The molecular formula is C16H13BrN2O. The van der Waals surface area contributed by atoms with Crippen molar-refractivity contribution >= 4 is 32.7 Å². The zero-order valence-electron chi connectivity index (χ0n) is 11.0. The highest BCUT2D eigenvalue weighted by atomic mass is 79.9. The average Bonchev–Trinajstić information content (AvgIpc) is 2.75. The summed E-state index contributed by atoms with van der Waals surface area (Å²) in [6, 6.07) is 15.3. The van der Waals surface area contributed by atoms with E-state index in [1.54, 1.807) is 0 Å². The van der Waals surface area contributed by atoms with Gasteiger partial charge in [-0.15, -0.1) is 0 Å². The molecule has 0 saturated heterocycles. The molecule has 0 aliphatic heterocycles. The maximum Gasteiger partial charge on any atom is 0.182 e. The summed E-state index contributed by atoms with van der Waals surface area (Å²) >= 11 is 3.39. The standard InChI is InChI=1S/C16H13BrN2O/c1-11-18-14-7-2-3-8-15(14)19(11)10-16(20)12-5-4-6-13(17)9-12/h2-9H,10H2,1H3. The number of benzene rings is 2. The molecule has 0 unspecified atom stereocenters. The van der Waals surface area contributed by atoms with E-state index in [1.165, 1.54) is 0 Å². The van der Waals surface area contributed by atoms with Crippen molar-refractivity contribution in [2.75, 3.05) is 0 Å². The smallest absolute Gasteiger partial charge is 0.182 e. The third-order valence-corrected chi connectivity index (χ3v) is 3.79. The number of imidazole rings is 1. The van der Waals surface area contributed by atoms with E-state index in [1.807, 2.05) is 60.0 Å². The van der Waals surface area contributed by atoms with Gasteiger partial charge in [0.2, 0.25) is 0 Å². The third kappa shape index (κ3) is 2.39. The quantitative estimate of drug-likeness (QED) is 0.681. The summed E-state index contributed by atoms with van der Waals surface area (Å²) in [4.78, 5) is 16.9. The van der Waals surface area contributed by atoms with Crippen molar-refractivity contribution in [1.29, 1.82) is 0 Å². The molecule has 1 aromatic heterocycles. The van der Waals surface area contributed by atoms with Gasteiger partial charge in [0, 0.05) is 10.0 Å². The van der Waals surface area contributed by atoms with Crippen LogP contribution in [-0.2, 0) is 6.54 Å². The van der Waals surface area contributed by atoms with Crippen molar-refractivity contribution < 1.29 is 4.79 Å². The lowest BCUT2D eigenvalue weighted by atomic mass is 10.1. The van der Waals surface area contributed by atoms with Crippen molar-refractivity contribution in [3.05, 3.63) is 64.4 Å². The zero-order chi connectivity index (χ0) is 14.1. The van der Waals surface area contributed by atoms with Gasteiger partial charge in [0.05, 0.1) is 17.6 Å². The number of halogens is 1. The highest BCUT2D eigenvalue weighted by molar-refractivity contribution is 9.10. The van der Waals surface area contributed by atoms with Crippen molar-refractivity contribution in [1.82, 2.24) is 9.55 Å². The molecule has 1 heterocycles. The summed E-state index contributed by atoms with van der Waals surface area (Å²) < 4.78 is 2.87. The number of aromatic nitrogens is 2. The Kier molecular flexibility index (Phi) is 3.40. The molecule has 0 amide bonds. The van der Waals surface area contributed by atoms with Gasteiger partial charge in [0.15, 0.2) is 5.78 Å². The summed E-state index contributed by atoms with van der Waals surface area (Å²) in [5.41, 5.74) is 2.62. The minimum atomic E-state index is 0.0811. The molecule has 20 heavy (non-hydrogen) atoms. The molecule has 0 atom stereocenters. The first-order chi connectivity index (χ1) is 9.65. The van der Waals surface area contributed by atoms with Gasteiger partial charge in [-0.3, -0.25) is 4.79 Å². The van der Waals surface area contributed by atoms with Crippen LogP contribution in [0, 0.1) is 6.92 Å². The van der Waals surface area contributed by atoms with E-state index in [-0.39, 0.29) is 5.78 Å². The van der Waals surface area contributed by atoms with E-state index in [0.717, 1.165) is 21.3 Å². The van der Waals surface area contributed by atoms with Gasteiger partial charge in [-0.05, 0) is 31.2 Å². The number of ketones is 1. The molecule has 0 radical (unpaired) electrons. The maximum atomic E-state index is 12.4. The van der Waals surface area contributed by atoms with Crippen LogP contribution in [-0.4, -0.2) is 15.3 Å². The number of para-hydroxylation sites is 2. The monoisotopic (exact) mass is 328 g/mol. The van der Waals surface area contributed by atoms with Crippen molar-refractivity contribution in [3.8, 4) is 0 Å². The number of carbonyl (C=O) groups is 1. The number of nitrogens with zero attached hydrogens (tertiary/aromatic N) is 2. The summed E-state index contributed by atoms with van der Waals surface area (Å²) in [5.74, 6) is 0.937. The topological polar surface area (TPSA) is 34.9 Å². The Labute approximate surface area is 125 Å². The van der Waals surface area contributed by atoms with E-state index in [9.17, 15) is 4.79 Å². The van der Waals surface area contributed by atoms with Crippen LogP contribution in [0.3, 0.4) is 0 Å². The minimum Gasteiger partial charge on any atom is -0.320 e. The lowest BCUT2D eigenvalue weighted by molar-refractivity contribution is 0.0972. The van der Waals surface area contributed by atoms with Crippen LogP contribution in [0.15, 0.2) is 53.0 Å². The molecule has 3 aromatic rings. The molecule has 0 spiro atoms. The predicted molar refractivity (Wildman–Crippen MR) is 82.9 cm³/mol. The molecule has 4 heteroatoms. The number of fused-ring (bicyclic) bond motifs is 1. The second-order valence-electron chi connectivity index (χ2n) is 4.67. The molecule has 0 bridgehead atoms. The Bertz CT molecular complexity index is 792. The van der Waals surface area contributed by atoms with Crippen molar-refractivity contribution in [2.24, 2.45) is 0 Å². The van der Waals surface area contributed by atoms with Gasteiger partial charge >= 0.3 is 0 Å². The second kappa shape index (κ2) is 5.21. The van der Waals surface area contributed by atoms with E-state index < -0.39 is 0 Å². The van der Waals surface area contributed by atoms with E-state index in [2.05, 4.69) is 20.9 Å². The first kappa shape index (κ1) is 13.1. The number of carbonyl (C=O) groups excluding carboxylic acids is 1. The first-order valence-electron chi connectivity index (χ1n) is 6.36. The van der Waals surface area contributed by atoms with E-state index in [0.29, 0.717) is 12.1 Å². The van der Waals surface area contributed by atoms with Gasteiger partial charge in [0.1, 0.15) is 5.82 Å². The van der Waals surface area contributed by atoms with Gasteiger partial charge in [-0.2, -0.15) is 0 Å². The Morgan fingerprint density at radius 2 is 2.00 bits per heavy atom. The van der Waals surface area contributed by atoms with Gasteiger partial charge in [-0.25, -0.2) is 4.98 Å².